The number of ketones is 2. The molecular formula is C16H17BrO4. The molecule has 1 aromatic rings. The fourth-order valence-electron chi connectivity index (χ4n) is 2.31. The maximum atomic E-state index is 11.9. The number of rotatable bonds is 6. The lowest BCUT2D eigenvalue weighted by Gasteiger charge is -2.25. The topological polar surface area (TPSA) is 60.4 Å². The molecule has 0 radical (unpaired) electrons. The lowest BCUT2D eigenvalue weighted by Crippen LogP contribution is -2.30. The van der Waals surface area contributed by atoms with Gasteiger partial charge in [0.25, 0.3) is 0 Å². The van der Waals surface area contributed by atoms with Gasteiger partial charge < -0.3 is 4.74 Å². The van der Waals surface area contributed by atoms with E-state index >= 15 is 0 Å². The van der Waals surface area contributed by atoms with Gasteiger partial charge in [0.15, 0.2) is 0 Å². The molecule has 0 aliphatic heterocycles. The van der Waals surface area contributed by atoms with Crippen LogP contribution in [0.2, 0.25) is 0 Å². The van der Waals surface area contributed by atoms with Crippen molar-refractivity contribution in [3.63, 3.8) is 0 Å². The summed E-state index contributed by atoms with van der Waals surface area (Å²) in [7, 11) is 1.24. The van der Waals surface area contributed by atoms with Gasteiger partial charge in [-0.2, -0.15) is 0 Å². The summed E-state index contributed by atoms with van der Waals surface area (Å²) in [6, 6.07) is 7.11. The molecule has 1 aromatic carbocycles. The number of esters is 1. The van der Waals surface area contributed by atoms with Crippen molar-refractivity contribution < 1.29 is 19.1 Å². The van der Waals surface area contributed by atoms with Crippen LogP contribution in [-0.4, -0.2) is 24.6 Å². The Morgan fingerprint density at radius 2 is 1.67 bits per heavy atom. The van der Waals surface area contributed by atoms with E-state index in [1.54, 1.807) is 18.2 Å². The van der Waals surface area contributed by atoms with E-state index in [-0.39, 0.29) is 17.1 Å². The summed E-state index contributed by atoms with van der Waals surface area (Å²) in [5.41, 5.74) is 0.739. The number of hydrogen-bond donors (Lipinski definition) is 0. The molecular weight excluding hydrogens is 336 g/mol. The Kier molecular flexibility index (Phi) is 6.03. The van der Waals surface area contributed by atoms with Crippen LogP contribution in [0.15, 0.2) is 40.9 Å². The molecule has 0 fully saturated rings. The third-order valence-corrected chi connectivity index (χ3v) is 3.99. The molecule has 0 saturated carbocycles. The minimum Gasteiger partial charge on any atom is -0.466 e. The molecule has 5 heteroatoms. The van der Waals surface area contributed by atoms with Crippen molar-refractivity contribution in [2.75, 3.05) is 7.11 Å². The molecule has 0 aliphatic carbocycles. The molecule has 0 heterocycles. The van der Waals surface area contributed by atoms with Crippen LogP contribution in [0.3, 0.4) is 0 Å². The minimum absolute atomic E-state index is 0.0831. The van der Waals surface area contributed by atoms with Crippen molar-refractivity contribution in [1.29, 1.82) is 0 Å². The molecule has 21 heavy (non-hydrogen) atoms. The van der Waals surface area contributed by atoms with E-state index in [1.807, 2.05) is 6.07 Å². The van der Waals surface area contributed by atoms with Gasteiger partial charge >= 0.3 is 5.97 Å². The molecule has 1 atom stereocenters. The van der Waals surface area contributed by atoms with E-state index in [4.69, 9.17) is 0 Å². The van der Waals surface area contributed by atoms with E-state index in [2.05, 4.69) is 27.2 Å². The minimum atomic E-state index is -0.963. The van der Waals surface area contributed by atoms with Crippen molar-refractivity contribution in [3.05, 3.63) is 46.5 Å². The Bertz CT molecular complexity index is 578. The maximum Gasteiger partial charge on any atom is 0.333 e. The normalized spacial score (nSPS) is 11.9. The van der Waals surface area contributed by atoms with Crippen molar-refractivity contribution in [2.45, 2.75) is 19.8 Å². The fraction of sp³-hybridized carbons (Fsp3) is 0.312. The number of Topliss-reactive ketones (excluding diaryl/α,β-unsaturated/α-hetero) is 2. The summed E-state index contributed by atoms with van der Waals surface area (Å²) in [6.45, 7) is 6.40. The van der Waals surface area contributed by atoms with Gasteiger partial charge in [-0.1, -0.05) is 40.7 Å². The van der Waals surface area contributed by atoms with Crippen LogP contribution >= 0.6 is 15.9 Å². The highest BCUT2D eigenvalue weighted by Crippen LogP contribution is 2.37. The summed E-state index contributed by atoms with van der Waals surface area (Å²) < 4.78 is 5.39. The van der Waals surface area contributed by atoms with Crippen LogP contribution in [0, 0.1) is 5.92 Å². The number of ether oxygens (including phenoxy) is 1. The maximum absolute atomic E-state index is 11.9. The largest absolute Gasteiger partial charge is 0.466 e. The zero-order valence-corrected chi connectivity index (χ0v) is 13.8. The van der Waals surface area contributed by atoms with Gasteiger partial charge in [0.05, 0.1) is 13.0 Å². The van der Waals surface area contributed by atoms with Gasteiger partial charge in [-0.05, 0) is 25.5 Å². The summed E-state index contributed by atoms with van der Waals surface area (Å²) in [5.74, 6) is -2.97. The number of hydrogen-bond acceptors (Lipinski definition) is 4. The number of methoxy groups -OCH3 is 1. The SMILES string of the molecule is C=C(C(=O)OC)C(c1ccccc1Br)C(C(C)=O)C(C)=O. The van der Waals surface area contributed by atoms with Crippen LogP contribution < -0.4 is 0 Å². The quantitative estimate of drug-likeness (QED) is 0.448. The van der Waals surface area contributed by atoms with Gasteiger partial charge in [0.1, 0.15) is 11.6 Å². The Morgan fingerprint density at radius 3 is 2.10 bits per heavy atom. The van der Waals surface area contributed by atoms with Crippen LogP contribution in [0.4, 0.5) is 0 Å². The predicted octanol–water partition coefficient (Wildman–Crippen LogP) is 3.06. The van der Waals surface area contributed by atoms with E-state index in [9.17, 15) is 14.4 Å². The first-order chi connectivity index (χ1) is 9.81. The Hall–Kier alpha value is -1.75. The van der Waals surface area contributed by atoms with E-state index in [0.29, 0.717) is 10.0 Å². The average Bonchev–Trinajstić information content (AvgIpc) is 2.43. The second-order valence-corrected chi connectivity index (χ2v) is 5.57. The summed E-state index contributed by atoms with van der Waals surface area (Å²) in [5, 5.41) is 0. The number of carbonyl (C=O) groups is 3. The lowest BCUT2D eigenvalue weighted by molar-refractivity contribution is -0.136. The molecule has 0 aliphatic rings. The standard InChI is InChI=1S/C16H17BrO4/c1-9(16(20)21-4)14(15(10(2)18)11(3)19)12-7-5-6-8-13(12)17/h5-8,14-15H,1H2,2-4H3. The Morgan fingerprint density at radius 1 is 1.14 bits per heavy atom. The third-order valence-electron chi connectivity index (χ3n) is 3.27. The molecule has 0 N–H and O–H groups in total. The highest BCUT2D eigenvalue weighted by molar-refractivity contribution is 9.10. The molecule has 112 valence electrons. The van der Waals surface area contributed by atoms with Gasteiger partial charge in [-0.3, -0.25) is 9.59 Å². The van der Waals surface area contributed by atoms with Crippen LogP contribution in [0.25, 0.3) is 0 Å². The Labute approximate surface area is 132 Å². The molecule has 0 amide bonds. The molecule has 0 spiro atoms. The predicted molar refractivity (Wildman–Crippen MR) is 82.9 cm³/mol. The second-order valence-electron chi connectivity index (χ2n) is 4.71. The van der Waals surface area contributed by atoms with Crippen LogP contribution in [0.5, 0.6) is 0 Å². The van der Waals surface area contributed by atoms with Crippen molar-refractivity contribution in [2.24, 2.45) is 5.92 Å². The number of benzene rings is 1. The molecule has 0 bridgehead atoms. The zero-order valence-electron chi connectivity index (χ0n) is 12.2. The second kappa shape index (κ2) is 7.31. The Balaban J connectivity index is 3.46. The zero-order chi connectivity index (χ0) is 16.2. The van der Waals surface area contributed by atoms with Crippen molar-refractivity contribution in [3.8, 4) is 0 Å². The first-order valence-corrected chi connectivity index (χ1v) is 7.13. The molecule has 0 aromatic heterocycles. The van der Waals surface area contributed by atoms with E-state index in [1.165, 1.54) is 21.0 Å². The van der Waals surface area contributed by atoms with Crippen molar-refractivity contribution in [1.82, 2.24) is 0 Å². The number of halogens is 1. The van der Waals surface area contributed by atoms with Gasteiger partial charge in [-0.25, -0.2) is 4.79 Å². The van der Waals surface area contributed by atoms with Gasteiger partial charge in [0.2, 0.25) is 0 Å². The smallest absolute Gasteiger partial charge is 0.333 e. The van der Waals surface area contributed by atoms with E-state index < -0.39 is 17.8 Å². The third kappa shape index (κ3) is 3.88. The first kappa shape index (κ1) is 17.3. The summed E-state index contributed by atoms with van der Waals surface area (Å²) in [6.07, 6.45) is 0. The summed E-state index contributed by atoms with van der Waals surface area (Å²) in [4.78, 5) is 35.6. The molecule has 1 rings (SSSR count). The highest BCUT2D eigenvalue weighted by atomic mass is 79.9. The molecule has 1 unspecified atom stereocenters. The monoisotopic (exact) mass is 352 g/mol. The average molecular weight is 353 g/mol. The molecule has 0 saturated heterocycles. The lowest BCUT2D eigenvalue weighted by atomic mass is 9.77. The van der Waals surface area contributed by atoms with Crippen LogP contribution in [-0.2, 0) is 19.1 Å². The molecule has 4 nitrogen and oxygen atoms in total. The first-order valence-electron chi connectivity index (χ1n) is 6.33. The van der Waals surface area contributed by atoms with E-state index in [0.717, 1.165) is 0 Å². The summed E-state index contributed by atoms with van der Waals surface area (Å²) >= 11 is 3.39. The fourth-order valence-corrected chi connectivity index (χ4v) is 2.84. The van der Waals surface area contributed by atoms with Gasteiger partial charge in [-0.15, -0.1) is 0 Å². The van der Waals surface area contributed by atoms with Gasteiger partial charge in [0, 0.05) is 16.0 Å². The van der Waals surface area contributed by atoms with Crippen LogP contribution in [0.1, 0.15) is 25.3 Å². The number of carbonyl (C=O) groups excluding carboxylic acids is 3. The van der Waals surface area contributed by atoms with Crippen molar-refractivity contribution >= 4 is 33.5 Å². The highest BCUT2D eigenvalue weighted by Gasteiger charge is 2.36.